The summed E-state index contributed by atoms with van der Waals surface area (Å²) in [5.41, 5.74) is 7.29. The van der Waals surface area contributed by atoms with Crippen LogP contribution in [0.3, 0.4) is 0 Å². The normalized spacial score (nSPS) is 11.9. The Morgan fingerprint density at radius 2 is 2.00 bits per heavy atom. The van der Waals surface area contributed by atoms with Crippen LogP contribution < -0.4 is 11.1 Å². The van der Waals surface area contributed by atoms with E-state index in [0.29, 0.717) is 17.8 Å². The van der Waals surface area contributed by atoms with Gasteiger partial charge in [0.15, 0.2) is 0 Å². The summed E-state index contributed by atoms with van der Waals surface area (Å²) in [5, 5.41) is 12.3. The number of aliphatic hydroxyl groups is 1. The van der Waals surface area contributed by atoms with Gasteiger partial charge in [0, 0.05) is 19.3 Å². The van der Waals surface area contributed by atoms with Crippen LogP contribution in [0.1, 0.15) is 27.7 Å². The average molecular weight is 271 g/mol. The van der Waals surface area contributed by atoms with Crippen molar-refractivity contribution in [3.05, 3.63) is 65.5 Å². The van der Waals surface area contributed by atoms with E-state index in [2.05, 4.69) is 10.3 Å². The van der Waals surface area contributed by atoms with Crippen LogP contribution in [0.4, 0.5) is 0 Å². The molecule has 0 aliphatic rings. The number of nitrogens with one attached hydrogen (secondary N) is 1. The molecular formula is C15H17N3O2. The van der Waals surface area contributed by atoms with Crippen LogP contribution in [0.5, 0.6) is 0 Å². The smallest absolute Gasteiger partial charge is 0.253 e. The first-order valence-electron chi connectivity index (χ1n) is 6.37. The third kappa shape index (κ3) is 3.63. The zero-order valence-corrected chi connectivity index (χ0v) is 11.0. The van der Waals surface area contributed by atoms with Crippen molar-refractivity contribution in [2.24, 2.45) is 5.73 Å². The quantitative estimate of drug-likeness (QED) is 0.757. The molecule has 0 radical (unpaired) electrons. The molecule has 2 aromatic rings. The van der Waals surface area contributed by atoms with Gasteiger partial charge in [0.25, 0.3) is 5.91 Å². The minimum absolute atomic E-state index is 0.104. The summed E-state index contributed by atoms with van der Waals surface area (Å²) in [7, 11) is 0. The summed E-state index contributed by atoms with van der Waals surface area (Å²) >= 11 is 0. The number of carbonyl (C=O) groups is 1. The lowest BCUT2D eigenvalue weighted by atomic mass is 10.2. The lowest BCUT2D eigenvalue weighted by molar-refractivity contribution is 0.0950. The summed E-state index contributed by atoms with van der Waals surface area (Å²) in [5.74, 6) is -0.199. The highest BCUT2D eigenvalue weighted by atomic mass is 16.3. The number of rotatable bonds is 5. The van der Waals surface area contributed by atoms with Crippen LogP contribution in [0.25, 0.3) is 0 Å². The predicted octanol–water partition coefficient (Wildman–Crippen LogP) is 1.00. The van der Waals surface area contributed by atoms with Gasteiger partial charge in [-0.25, -0.2) is 0 Å². The molecule has 0 bridgehead atoms. The number of hydrogen-bond donors (Lipinski definition) is 3. The monoisotopic (exact) mass is 271 g/mol. The van der Waals surface area contributed by atoms with Gasteiger partial charge < -0.3 is 16.2 Å². The number of nitrogens with zero attached hydrogens (tertiary/aromatic N) is 1. The molecule has 1 aromatic carbocycles. The van der Waals surface area contributed by atoms with Crippen molar-refractivity contribution < 1.29 is 9.90 Å². The van der Waals surface area contributed by atoms with E-state index in [0.717, 1.165) is 5.56 Å². The van der Waals surface area contributed by atoms with Crippen molar-refractivity contribution in [2.75, 3.05) is 6.54 Å². The molecule has 104 valence electrons. The molecular weight excluding hydrogens is 254 g/mol. The first-order chi connectivity index (χ1) is 9.70. The van der Waals surface area contributed by atoms with Crippen molar-refractivity contribution in [1.29, 1.82) is 0 Å². The molecule has 0 saturated heterocycles. The third-order valence-electron chi connectivity index (χ3n) is 2.91. The van der Waals surface area contributed by atoms with Gasteiger partial charge in [0.05, 0.1) is 11.3 Å². The Morgan fingerprint density at radius 3 is 2.60 bits per heavy atom. The molecule has 2 rings (SSSR count). The molecule has 1 aromatic heterocycles. The molecule has 0 saturated carbocycles. The maximum absolute atomic E-state index is 11.9. The molecule has 1 amide bonds. The molecule has 0 aliphatic heterocycles. The molecule has 4 N–H and O–H groups in total. The average Bonchev–Trinajstić information content (AvgIpc) is 2.53. The van der Waals surface area contributed by atoms with Crippen molar-refractivity contribution in [3.8, 4) is 0 Å². The Bertz CT molecular complexity index is 555. The first kappa shape index (κ1) is 14.2. The van der Waals surface area contributed by atoms with Gasteiger partial charge in [-0.3, -0.25) is 9.78 Å². The van der Waals surface area contributed by atoms with Gasteiger partial charge in [-0.1, -0.05) is 30.3 Å². The topological polar surface area (TPSA) is 88.2 Å². The van der Waals surface area contributed by atoms with Crippen molar-refractivity contribution in [1.82, 2.24) is 10.3 Å². The lowest BCUT2D eigenvalue weighted by Gasteiger charge is -2.08. The molecule has 5 nitrogen and oxygen atoms in total. The van der Waals surface area contributed by atoms with Crippen molar-refractivity contribution in [2.45, 2.75) is 12.6 Å². The summed E-state index contributed by atoms with van der Waals surface area (Å²) in [6, 6.07) is 12.9. The summed E-state index contributed by atoms with van der Waals surface area (Å²) < 4.78 is 0. The van der Waals surface area contributed by atoms with Gasteiger partial charge in [0.1, 0.15) is 6.10 Å². The molecule has 0 aliphatic carbocycles. The van der Waals surface area contributed by atoms with E-state index in [-0.39, 0.29) is 12.5 Å². The highest BCUT2D eigenvalue weighted by Gasteiger charge is 2.09. The molecule has 1 atom stereocenters. The second-order valence-corrected chi connectivity index (χ2v) is 4.39. The van der Waals surface area contributed by atoms with Crippen LogP contribution >= 0.6 is 0 Å². The van der Waals surface area contributed by atoms with Crippen molar-refractivity contribution in [3.63, 3.8) is 0 Å². The second-order valence-electron chi connectivity index (χ2n) is 4.39. The second kappa shape index (κ2) is 6.79. The molecule has 5 heteroatoms. The van der Waals surface area contributed by atoms with Crippen LogP contribution in [0, 0.1) is 0 Å². The number of benzene rings is 1. The molecule has 0 spiro atoms. The lowest BCUT2D eigenvalue weighted by Crippen LogP contribution is -2.23. The Labute approximate surface area is 117 Å². The fourth-order valence-corrected chi connectivity index (χ4v) is 1.74. The van der Waals surface area contributed by atoms with E-state index in [1.807, 2.05) is 30.3 Å². The highest BCUT2D eigenvalue weighted by molar-refractivity contribution is 5.93. The van der Waals surface area contributed by atoms with Crippen LogP contribution in [0.15, 0.2) is 48.7 Å². The summed E-state index contributed by atoms with van der Waals surface area (Å²) in [6.45, 7) is 0.569. The van der Waals surface area contributed by atoms with Crippen LogP contribution in [-0.4, -0.2) is 22.5 Å². The maximum Gasteiger partial charge on any atom is 0.253 e. The fraction of sp³-hybridized carbons (Fsp3) is 0.200. The van der Waals surface area contributed by atoms with Crippen LogP contribution in [0.2, 0.25) is 0 Å². The minimum Gasteiger partial charge on any atom is -0.385 e. The van der Waals surface area contributed by atoms with E-state index in [1.165, 1.54) is 6.20 Å². The number of carbonyl (C=O) groups excluding carboxylic acids is 1. The van der Waals surface area contributed by atoms with E-state index in [1.54, 1.807) is 12.1 Å². The zero-order chi connectivity index (χ0) is 14.4. The highest BCUT2D eigenvalue weighted by Crippen LogP contribution is 2.09. The van der Waals surface area contributed by atoms with Gasteiger partial charge in [-0.05, 0) is 17.7 Å². The van der Waals surface area contributed by atoms with Crippen molar-refractivity contribution >= 4 is 5.91 Å². The van der Waals surface area contributed by atoms with Gasteiger partial charge in [-0.2, -0.15) is 0 Å². The molecule has 1 unspecified atom stereocenters. The largest absolute Gasteiger partial charge is 0.385 e. The minimum atomic E-state index is -0.795. The summed E-state index contributed by atoms with van der Waals surface area (Å²) in [4.78, 5) is 16.0. The number of amides is 1. The van der Waals surface area contributed by atoms with Crippen LogP contribution in [-0.2, 0) is 6.54 Å². The van der Waals surface area contributed by atoms with Gasteiger partial charge >= 0.3 is 0 Å². The number of aliphatic hydroxyl groups excluding tert-OH is 1. The Balaban J connectivity index is 1.96. The number of nitrogens with two attached hydrogens (primary N) is 1. The number of pyridine rings is 1. The maximum atomic E-state index is 11.9. The Morgan fingerprint density at radius 1 is 1.25 bits per heavy atom. The molecule has 0 fully saturated rings. The first-order valence-corrected chi connectivity index (χ1v) is 6.37. The van der Waals surface area contributed by atoms with E-state index < -0.39 is 6.10 Å². The van der Waals surface area contributed by atoms with E-state index in [4.69, 9.17) is 5.73 Å². The zero-order valence-electron chi connectivity index (χ0n) is 11.0. The third-order valence-corrected chi connectivity index (χ3v) is 2.91. The van der Waals surface area contributed by atoms with Gasteiger partial charge in [0.2, 0.25) is 0 Å². The molecule has 20 heavy (non-hydrogen) atoms. The van der Waals surface area contributed by atoms with E-state index >= 15 is 0 Å². The summed E-state index contributed by atoms with van der Waals surface area (Å²) in [6.07, 6.45) is 0.644. The standard InChI is InChI=1S/C15H17N3O2/c16-8-14(19)13-7-6-12(10-17-13)15(20)18-9-11-4-2-1-3-5-11/h1-7,10,14,19H,8-9,16H2,(H,18,20). The van der Waals surface area contributed by atoms with Gasteiger partial charge in [-0.15, -0.1) is 0 Å². The number of hydrogen-bond acceptors (Lipinski definition) is 4. The number of aromatic nitrogens is 1. The Hall–Kier alpha value is -2.24. The SMILES string of the molecule is NCC(O)c1ccc(C(=O)NCc2ccccc2)cn1. The fourth-order valence-electron chi connectivity index (χ4n) is 1.74. The molecule has 1 heterocycles. The predicted molar refractivity (Wildman–Crippen MR) is 75.9 cm³/mol. The van der Waals surface area contributed by atoms with E-state index in [9.17, 15) is 9.90 Å². The Kier molecular flexibility index (Phi) is 4.81.